The molecule has 0 spiro atoms. The van der Waals surface area contributed by atoms with Crippen molar-refractivity contribution in [2.24, 2.45) is 12.8 Å². The molecule has 2 rings (SSSR count). The molecule has 2 N–H and O–H groups in total. The second-order valence-electron chi connectivity index (χ2n) is 4.35. The molecule has 18 heavy (non-hydrogen) atoms. The van der Waals surface area contributed by atoms with E-state index >= 15 is 0 Å². The van der Waals surface area contributed by atoms with Crippen LogP contribution in [0.4, 0.5) is 4.39 Å². The van der Waals surface area contributed by atoms with Crippen LogP contribution in [0.2, 0.25) is 0 Å². The van der Waals surface area contributed by atoms with Crippen LogP contribution in [0.25, 0.3) is 0 Å². The van der Waals surface area contributed by atoms with Crippen LogP contribution >= 0.6 is 15.9 Å². The van der Waals surface area contributed by atoms with E-state index < -0.39 is 6.04 Å². The fourth-order valence-corrected chi connectivity index (χ4v) is 2.53. The van der Waals surface area contributed by atoms with Gasteiger partial charge >= 0.3 is 0 Å². The average Bonchev–Trinajstić information content (AvgIpc) is 2.56. The largest absolute Gasteiger partial charge is 0.320 e. The molecular weight excluding hydrogens is 297 g/mol. The molecule has 1 aromatic carbocycles. The predicted octanol–water partition coefficient (Wildman–Crippen LogP) is 2.99. The van der Waals surface area contributed by atoms with Gasteiger partial charge in [0.2, 0.25) is 0 Å². The number of hydrogen-bond donors (Lipinski definition) is 1. The molecule has 5 heteroatoms. The lowest BCUT2D eigenvalue weighted by Crippen LogP contribution is -2.15. The first-order chi connectivity index (χ1) is 8.41. The molecule has 3 nitrogen and oxygen atoms in total. The lowest BCUT2D eigenvalue weighted by atomic mass is 9.97. The van der Waals surface area contributed by atoms with Crippen LogP contribution in [-0.4, -0.2) is 9.78 Å². The van der Waals surface area contributed by atoms with Gasteiger partial charge in [0.25, 0.3) is 0 Å². The van der Waals surface area contributed by atoms with Crippen molar-refractivity contribution in [3.05, 3.63) is 51.0 Å². The van der Waals surface area contributed by atoms with Gasteiger partial charge in [-0.3, -0.25) is 4.68 Å². The summed E-state index contributed by atoms with van der Waals surface area (Å²) in [4.78, 5) is 0. The Labute approximate surface area is 114 Å². The minimum absolute atomic E-state index is 0.298. The summed E-state index contributed by atoms with van der Waals surface area (Å²) in [5.41, 5.74) is 9.34. The van der Waals surface area contributed by atoms with Crippen molar-refractivity contribution in [1.29, 1.82) is 0 Å². The second-order valence-corrected chi connectivity index (χ2v) is 5.27. The van der Waals surface area contributed by atoms with Gasteiger partial charge < -0.3 is 5.73 Å². The maximum absolute atomic E-state index is 13.8. The summed E-state index contributed by atoms with van der Waals surface area (Å²) in [6, 6.07) is 4.29. The molecule has 0 aliphatic carbocycles. The van der Waals surface area contributed by atoms with Crippen LogP contribution in [0.5, 0.6) is 0 Å². The Hall–Kier alpha value is -1.20. The Morgan fingerprint density at radius 2 is 2.06 bits per heavy atom. The van der Waals surface area contributed by atoms with Crippen LogP contribution in [0.15, 0.2) is 22.7 Å². The van der Waals surface area contributed by atoms with Gasteiger partial charge in [-0.05, 0) is 32.0 Å². The molecule has 0 aliphatic rings. The number of nitrogens with two attached hydrogens (primary N) is 1. The third-order valence-corrected chi connectivity index (χ3v) is 3.66. The average molecular weight is 312 g/mol. The molecule has 0 aliphatic heterocycles. The first kappa shape index (κ1) is 13.2. The fraction of sp³-hybridized carbons (Fsp3) is 0.308. The molecule has 0 saturated heterocycles. The summed E-state index contributed by atoms with van der Waals surface area (Å²) < 4.78 is 16.4. The van der Waals surface area contributed by atoms with E-state index in [-0.39, 0.29) is 5.82 Å². The van der Waals surface area contributed by atoms with Crippen molar-refractivity contribution < 1.29 is 4.39 Å². The Kier molecular flexibility index (Phi) is 3.54. The monoisotopic (exact) mass is 311 g/mol. The van der Waals surface area contributed by atoms with Crippen molar-refractivity contribution in [2.45, 2.75) is 19.9 Å². The number of benzene rings is 1. The van der Waals surface area contributed by atoms with Crippen molar-refractivity contribution in [3.63, 3.8) is 0 Å². The SMILES string of the molecule is Cc1nn(C)c(C)c1C(N)c1cc(Br)ccc1F. The zero-order valence-electron chi connectivity index (χ0n) is 10.5. The summed E-state index contributed by atoms with van der Waals surface area (Å²) in [5.74, 6) is -0.298. The van der Waals surface area contributed by atoms with Gasteiger partial charge in [0.05, 0.1) is 11.7 Å². The van der Waals surface area contributed by atoms with E-state index in [0.29, 0.717) is 5.56 Å². The minimum atomic E-state index is -0.504. The van der Waals surface area contributed by atoms with Crippen molar-refractivity contribution >= 4 is 15.9 Å². The lowest BCUT2D eigenvalue weighted by Gasteiger charge is -2.14. The molecule has 96 valence electrons. The molecule has 0 radical (unpaired) electrons. The quantitative estimate of drug-likeness (QED) is 0.926. The molecule has 1 atom stereocenters. The Morgan fingerprint density at radius 3 is 2.61 bits per heavy atom. The first-order valence-electron chi connectivity index (χ1n) is 5.62. The van der Waals surface area contributed by atoms with Crippen molar-refractivity contribution in [1.82, 2.24) is 9.78 Å². The van der Waals surface area contributed by atoms with Crippen LogP contribution in [-0.2, 0) is 7.05 Å². The standard InChI is InChI=1S/C13H15BrFN3/c1-7-12(8(2)18(3)17-7)13(16)10-6-9(14)4-5-11(10)15/h4-6,13H,16H2,1-3H3. The molecular formula is C13H15BrFN3. The van der Waals surface area contributed by atoms with Crippen LogP contribution in [0.3, 0.4) is 0 Å². The van der Waals surface area contributed by atoms with E-state index in [4.69, 9.17) is 5.73 Å². The maximum Gasteiger partial charge on any atom is 0.128 e. The van der Waals surface area contributed by atoms with E-state index in [1.165, 1.54) is 6.07 Å². The number of halogens is 2. The van der Waals surface area contributed by atoms with E-state index in [1.807, 2.05) is 20.9 Å². The normalized spacial score (nSPS) is 12.8. The predicted molar refractivity (Wildman–Crippen MR) is 72.8 cm³/mol. The molecule has 1 heterocycles. The summed E-state index contributed by atoms with van der Waals surface area (Å²) >= 11 is 3.34. The van der Waals surface area contributed by atoms with Crippen LogP contribution in [0.1, 0.15) is 28.6 Å². The van der Waals surface area contributed by atoms with Gasteiger partial charge in [-0.25, -0.2) is 4.39 Å². The number of aromatic nitrogens is 2. The minimum Gasteiger partial charge on any atom is -0.320 e. The smallest absolute Gasteiger partial charge is 0.128 e. The summed E-state index contributed by atoms with van der Waals surface area (Å²) in [6.45, 7) is 3.82. The molecule has 1 unspecified atom stereocenters. The van der Waals surface area contributed by atoms with E-state index in [2.05, 4.69) is 21.0 Å². The number of rotatable bonds is 2. The lowest BCUT2D eigenvalue weighted by molar-refractivity contribution is 0.598. The second kappa shape index (κ2) is 4.82. The van der Waals surface area contributed by atoms with Crippen molar-refractivity contribution in [3.8, 4) is 0 Å². The zero-order chi connectivity index (χ0) is 13.4. The van der Waals surface area contributed by atoms with Gasteiger partial charge in [0, 0.05) is 28.3 Å². The van der Waals surface area contributed by atoms with Gasteiger partial charge in [0.15, 0.2) is 0 Å². The summed E-state index contributed by atoms with van der Waals surface area (Å²) in [7, 11) is 1.86. The third-order valence-electron chi connectivity index (χ3n) is 3.17. The molecule has 0 bridgehead atoms. The highest BCUT2D eigenvalue weighted by Gasteiger charge is 2.21. The summed E-state index contributed by atoms with van der Waals surface area (Å²) in [6.07, 6.45) is 0. The molecule has 2 aromatic rings. The maximum atomic E-state index is 13.8. The molecule has 0 fully saturated rings. The number of aryl methyl sites for hydroxylation is 2. The highest BCUT2D eigenvalue weighted by molar-refractivity contribution is 9.10. The topological polar surface area (TPSA) is 43.8 Å². The van der Waals surface area contributed by atoms with E-state index in [9.17, 15) is 4.39 Å². The Bertz CT molecular complexity index is 592. The van der Waals surface area contributed by atoms with Crippen LogP contribution in [0, 0.1) is 19.7 Å². The molecule has 0 saturated carbocycles. The zero-order valence-corrected chi connectivity index (χ0v) is 12.1. The van der Waals surface area contributed by atoms with E-state index in [0.717, 1.165) is 21.4 Å². The van der Waals surface area contributed by atoms with Crippen molar-refractivity contribution in [2.75, 3.05) is 0 Å². The molecule has 1 aromatic heterocycles. The highest BCUT2D eigenvalue weighted by Crippen LogP contribution is 2.28. The Balaban J connectivity index is 2.54. The third kappa shape index (κ3) is 2.20. The van der Waals surface area contributed by atoms with Gasteiger partial charge in [0.1, 0.15) is 5.82 Å². The number of nitrogens with zero attached hydrogens (tertiary/aromatic N) is 2. The van der Waals surface area contributed by atoms with Gasteiger partial charge in [-0.2, -0.15) is 5.10 Å². The summed E-state index contributed by atoms with van der Waals surface area (Å²) in [5, 5.41) is 4.31. The van der Waals surface area contributed by atoms with E-state index in [1.54, 1.807) is 16.8 Å². The van der Waals surface area contributed by atoms with Gasteiger partial charge in [-0.15, -0.1) is 0 Å². The first-order valence-corrected chi connectivity index (χ1v) is 6.41. The van der Waals surface area contributed by atoms with Crippen LogP contribution < -0.4 is 5.73 Å². The molecule has 0 amide bonds. The van der Waals surface area contributed by atoms with Gasteiger partial charge in [-0.1, -0.05) is 15.9 Å². The highest BCUT2D eigenvalue weighted by atomic mass is 79.9. The fourth-order valence-electron chi connectivity index (χ4n) is 2.15. The Morgan fingerprint density at radius 1 is 1.39 bits per heavy atom. The number of hydrogen-bond acceptors (Lipinski definition) is 2.